The Morgan fingerprint density at radius 2 is 2.24 bits per heavy atom. The molecule has 0 aromatic carbocycles. The lowest BCUT2D eigenvalue weighted by Crippen LogP contribution is -2.11. The number of fused-ring (bicyclic) bond motifs is 1. The van der Waals surface area contributed by atoms with E-state index in [9.17, 15) is 10.1 Å². The smallest absolute Gasteiger partial charge is 0.251 e. The molecule has 2 atom stereocenters. The Kier molecular flexibility index (Phi) is 3.92. The van der Waals surface area contributed by atoms with Crippen molar-refractivity contribution < 1.29 is 9.53 Å². The minimum absolute atomic E-state index is 0.105. The number of thiophene rings is 2. The zero-order valence-corrected chi connectivity index (χ0v) is 14.7. The first-order valence-electron chi connectivity index (χ1n) is 7.66. The van der Waals surface area contributed by atoms with Gasteiger partial charge in [0.25, 0.3) is 5.91 Å². The van der Waals surface area contributed by atoms with E-state index in [4.69, 9.17) is 16.2 Å². The highest BCUT2D eigenvalue weighted by molar-refractivity contribution is 7.26. The molecule has 4 rings (SSSR count). The first-order chi connectivity index (χ1) is 12.1. The van der Waals surface area contributed by atoms with Crippen LogP contribution in [-0.4, -0.2) is 17.5 Å². The van der Waals surface area contributed by atoms with Crippen LogP contribution in [0.1, 0.15) is 28.4 Å². The maximum absolute atomic E-state index is 11.6. The van der Waals surface area contributed by atoms with Gasteiger partial charge < -0.3 is 16.2 Å². The Morgan fingerprint density at radius 1 is 1.40 bits per heavy atom. The lowest BCUT2D eigenvalue weighted by molar-refractivity contribution is 0.100. The third-order valence-electron chi connectivity index (χ3n) is 4.30. The van der Waals surface area contributed by atoms with Gasteiger partial charge in [0, 0.05) is 27.9 Å². The third kappa shape index (κ3) is 2.66. The van der Waals surface area contributed by atoms with Crippen LogP contribution >= 0.6 is 22.7 Å². The highest BCUT2D eigenvalue weighted by Crippen LogP contribution is 2.43. The summed E-state index contributed by atoms with van der Waals surface area (Å²) in [5, 5.41) is 12.0. The number of rotatable bonds is 3. The zero-order valence-electron chi connectivity index (χ0n) is 13.1. The summed E-state index contributed by atoms with van der Waals surface area (Å²) in [6, 6.07) is 6.29. The van der Waals surface area contributed by atoms with E-state index in [2.05, 4.69) is 11.1 Å². The molecular formula is C17H14N4O2S2. The van der Waals surface area contributed by atoms with Crippen LogP contribution in [0.3, 0.4) is 0 Å². The molecule has 1 aliphatic rings. The van der Waals surface area contributed by atoms with Crippen LogP contribution in [0.5, 0.6) is 0 Å². The highest BCUT2D eigenvalue weighted by atomic mass is 32.1. The molecule has 6 nitrogen and oxygen atoms in total. The minimum atomic E-state index is -0.519. The van der Waals surface area contributed by atoms with Crippen molar-refractivity contribution in [3.05, 3.63) is 34.8 Å². The number of nitrogens with two attached hydrogens (primary N) is 2. The van der Waals surface area contributed by atoms with E-state index in [1.807, 2.05) is 17.5 Å². The van der Waals surface area contributed by atoms with Crippen molar-refractivity contribution in [1.29, 1.82) is 5.26 Å². The van der Waals surface area contributed by atoms with Crippen molar-refractivity contribution in [2.75, 3.05) is 12.3 Å². The predicted molar refractivity (Wildman–Crippen MR) is 98.3 cm³/mol. The number of pyridine rings is 1. The Labute approximate surface area is 151 Å². The molecule has 4 N–H and O–H groups in total. The number of carbonyl (C=O) groups is 1. The van der Waals surface area contributed by atoms with Crippen molar-refractivity contribution >= 4 is 44.5 Å². The minimum Gasteiger partial charge on any atom is -0.383 e. The van der Waals surface area contributed by atoms with Gasteiger partial charge >= 0.3 is 0 Å². The fourth-order valence-electron chi connectivity index (χ4n) is 3.02. The largest absolute Gasteiger partial charge is 0.383 e. The maximum atomic E-state index is 11.6. The Bertz CT molecular complexity index is 1020. The normalized spacial score (nSPS) is 20.0. The number of nitrogen functional groups attached to an aromatic ring is 1. The first-order valence-corrected chi connectivity index (χ1v) is 9.36. The summed E-state index contributed by atoms with van der Waals surface area (Å²) < 4.78 is 6.46. The van der Waals surface area contributed by atoms with E-state index in [0.29, 0.717) is 18.0 Å². The molecule has 1 fully saturated rings. The Morgan fingerprint density at radius 3 is 3.00 bits per heavy atom. The van der Waals surface area contributed by atoms with Gasteiger partial charge in [0.15, 0.2) is 0 Å². The van der Waals surface area contributed by atoms with Crippen molar-refractivity contribution in [3.63, 3.8) is 0 Å². The molecule has 3 aromatic rings. The molecule has 1 aliphatic heterocycles. The topological polar surface area (TPSA) is 115 Å². The van der Waals surface area contributed by atoms with Gasteiger partial charge in [0.2, 0.25) is 0 Å². The summed E-state index contributed by atoms with van der Waals surface area (Å²) in [6.07, 6.45) is 2.01. The number of hydrogen-bond donors (Lipinski definition) is 2. The van der Waals surface area contributed by atoms with Gasteiger partial charge in [-0.2, -0.15) is 5.26 Å². The van der Waals surface area contributed by atoms with Gasteiger partial charge in [-0.15, -0.1) is 22.7 Å². The summed E-state index contributed by atoms with van der Waals surface area (Å²) in [5.74, 6) is -0.247. The standard InChI is InChI=1S/C17H14N4O2S2/c18-5-8-1-2-23-14(8)9-3-12(24-7-9)13-4-10-15(25-13)11(17(20)22)6-21-16(10)19/h3-4,6-8,14H,1-2H2,(H2,19,21)(H2,20,22). The van der Waals surface area contributed by atoms with E-state index in [1.54, 1.807) is 11.3 Å². The Balaban J connectivity index is 1.76. The molecule has 25 heavy (non-hydrogen) atoms. The second-order valence-electron chi connectivity index (χ2n) is 5.83. The van der Waals surface area contributed by atoms with Gasteiger partial charge in [-0.1, -0.05) is 0 Å². The van der Waals surface area contributed by atoms with Crippen LogP contribution < -0.4 is 11.5 Å². The number of amides is 1. The number of carbonyl (C=O) groups excluding carboxylic acids is 1. The first kappa shape index (κ1) is 16.0. The SMILES string of the molecule is N#CC1CCOC1c1csc(-c2cc3c(N)ncc(C(N)=O)c3s2)c1. The number of nitriles is 1. The molecule has 0 bridgehead atoms. The number of aromatic nitrogens is 1. The van der Waals surface area contributed by atoms with E-state index in [0.717, 1.165) is 31.8 Å². The van der Waals surface area contributed by atoms with Crippen LogP contribution in [0, 0.1) is 17.2 Å². The molecule has 8 heteroatoms. The van der Waals surface area contributed by atoms with E-state index < -0.39 is 5.91 Å². The molecule has 1 amide bonds. The van der Waals surface area contributed by atoms with Gasteiger partial charge in [0.1, 0.15) is 5.82 Å². The molecule has 1 saturated heterocycles. The van der Waals surface area contributed by atoms with Crippen LogP contribution in [0.25, 0.3) is 19.8 Å². The van der Waals surface area contributed by atoms with Gasteiger partial charge in [-0.05, 0) is 29.5 Å². The zero-order chi connectivity index (χ0) is 17.6. The van der Waals surface area contributed by atoms with Crippen LogP contribution in [0.15, 0.2) is 23.7 Å². The monoisotopic (exact) mass is 370 g/mol. The molecule has 126 valence electrons. The number of hydrogen-bond acceptors (Lipinski definition) is 7. The summed E-state index contributed by atoms with van der Waals surface area (Å²) >= 11 is 3.05. The maximum Gasteiger partial charge on any atom is 0.251 e. The van der Waals surface area contributed by atoms with Gasteiger partial charge in [0.05, 0.1) is 28.4 Å². The number of anilines is 1. The van der Waals surface area contributed by atoms with Crippen LogP contribution in [-0.2, 0) is 4.74 Å². The predicted octanol–water partition coefficient (Wildman–Crippen LogP) is 3.31. The molecule has 2 unspecified atom stereocenters. The van der Waals surface area contributed by atoms with E-state index >= 15 is 0 Å². The van der Waals surface area contributed by atoms with Crippen molar-refractivity contribution in [2.24, 2.45) is 11.7 Å². The summed E-state index contributed by atoms with van der Waals surface area (Å²) in [5.41, 5.74) is 12.8. The van der Waals surface area contributed by atoms with E-state index in [1.165, 1.54) is 17.5 Å². The number of ether oxygens (including phenoxy) is 1. The molecule has 4 heterocycles. The lowest BCUT2D eigenvalue weighted by Gasteiger charge is -2.10. The Hall–Kier alpha value is -2.47. The molecule has 0 spiro atoms. The van der Waals surface area contributed by atoms with Crippen molar-refractivity contribution in [3.8, 4) is 15.8 Å². The quantitative estimate of drug-likeness (QED) is 0.734. The van der Waals surface area contributed by atoms with Crippen LogP contribution in [0.2, 0.25) is 0 Å². The van der Waals surface area contributed by atoms with Crippen molar-refractivity contribution in [1.82, 2.24) is 4.98 Å². The van der Waals surface area contributed by atoms with Crippen LogP contribution in [0.4, 0.5) is 5.82 Å². The fourth-order valence-corrected chi connectivity index (χ4v) is 5.23. The lowest BCUT2D eigenvalue weighted by atomic mass is 9.99. The van der Waals surface area contributed by atoms with Gasteiger partial charge in [-0.25, -0.2) is 4.98 Å². The molecular weight excluding hydrogens is 356 g/mol. The van der Waals surface area contributed by atoms with E-state index in [-0.39, 0.29) is 12.0 Å². The average Bonchev–Trinajstić information content (AvgIpc) is 3.32. The molecule has 0 aliphatic carbocycles. The molecule has 3 aromatic heterocycles. The average molecular weight is 370 g/mol. The second-order valence-corrected chi connectivity index (χ2v) is 7.80. The summed E-state index contributed by atoms with van der Waals surface area (Å²) in [6.45, 7) is 0.612. The van der Waals surface area contributed by atoms with Crippen molar-refractivity contribution in [2.45, 2.75) is 12.5 Å². The highest BCUT2D eigenvalue weighted by Gasteiger charge is 2.30. The molecule has 0 radical (unpaired) electrons. The number of primary amides is 1. The number of nitrogens with zero attached hydrogens (tertiary/aromatic N) is 2. The van der Waals surface area contributed by atoms with Gasteiger partial charge in [-0.3, -0.25) is 4.79 Å². The fraction of sp³-hybridized carbons (Fsp3) is 0.235. The molecule has 0 saturated carbocycles. The summed E-state index contributed by atoms with van der Waals surface area (Å²) in [7, 11) is 0. The third-order valence-corrected chi connectivity index (χ3v) is 6.61. The second kappa shape index (κ2) is 6.11. The summed E-state index contributed by atoms with van der Waals surface area (Å²) in [4.78, 5) is 17.7.